The van der Waals surface area contributed by atoms with Gasteiger partial charge in [0.25, 0.3) is 0 Å². The Morgan fingerprint density at radius 2 is 1.89 bits per heavy atom. The molecule has 4 rings (SSSR count). The Kier molecular flexibility index (Phi) is 7.07. The lowest BCUT2D eigenvalue weighted by atomic mass is 9.70. The average molecular weight is 550 g/mol. The van der Waals surface area contributed by atoms with E-state index in [-0.39, 0.29) is 35.1 Å². The summed E-state index contributed by atoms with van der Waals surface area (Å²) in [5.74, 6) is -2.28. The van der Waals surface area contributed by atoms with Gasteiger partial charge in [0.05, 0.1) is 30.6 Å². The second kappa shape index (κ2) is 9.48. The minimum Gasteiger partial charge on any atom is -0.394 e. The van der Waals surface area contributed by atoms with Gasteiger partial charge in [-0.15, -0.1) is 0 Å². The van der Waals surface area contributed by atoms with Gasteiger partial charge in [0.2, 0.25) is 17.7 Å². The minimum atomic E-state index is -1.14. The van der Waals surface area contributed by atoms with Gasteiger partial charge in [0, 0.05) is 16.1 Å². The van der Waals surface area contributed by atoms with E-state index in [4.69, 9.17) is 4.74 Å². The Hall–Kier alpha value is -1.97. The number of hydrogen-bond donors (Lipinski definition) is 3. The molecule has 0 aromatic heterocycles. The lowest BCUT2D eigenvalue weighted by Crippen LogP contribution is -2.60. The molecule has 0 radical (unpaired) electrons. The number of nitrogens with one attached hydrogen (secondary N) is 2. The molecule has 3 aliphatic rings. The predicted octanol–water partition coefficient (Wildman–Crippen LogP) is 2.69. The highest BCUT2D eigenvalue weighted by Gasteiger charge is 2.77. The molecular weight excluding hydrogens is 514 g/mol. The number of likely N-dealkylation sites (tertiary alicyclic amines) is 1. The summed E-state index contributed by atoms with van der Waals surface area (Å²) in [5, 5.41) is 16.2. The van der Waals surface area contributed by atoms with Gasteiger partial charge in [0.15, 0.2) is 0 Å². The molecule has 1 spiro atoms. The van der Waals surface area contributed by atoms with E-state index in [0.717, 1.165) is 0 Å². The number of amides is 3. The van der Waals surface area contributed by atoms with E-state index in [0.29, 0.717) is 18.5 Å². The van der Waals surface area contributed by atoms with Crippen LogP contribution in [-0.2, 0) is 19.1 Å². The van der Waals surface area contributed by atoms with Crippen LogP contribution in [0.3, 0.4) is 0 Å². The molecule has 3 aliphatic heterocycles. The first kappa shape index (κ1) is 26.1. The normalized spacial score (nSPS) is 32.6. The number of halogens is 1. The summed E-state index contributed by atoms with van der Waals surface area (Å²) >= 11 is 3.68. The van der Waals surface area contributed by atoms with Gasteiger partial charge in [-0.25, -0.2) is 0 Å². The zero-order chi connectivity index (χ0) is 25.7. The largest absolute Gasteiger partial charge is 0.394 e. The first-order valence-electron chi connectivity index (χ1n) is 12.3. The molecular formula is C26H36BrN3O5. The molecule has 2 bridgehead atoms. The number of aliphatic hydroxyl groups is 1. The summed E-state index contributed by atoms with van der Waals surface area (Å²) in [6.45, 7) is 9.41. The Morgan fingerprint density at radius 1 is 1.23 bits per heavy atom. The van der Waals surface area contributed by atoms with Crippen LogP contribution in [0.4, 0.5) is 5.69 Å². The lowest BCUT2D eigenvalue weighted by molar-refractivity contribution is -0.146. The van der Waals surface area contributed by atoms with Crippen LogP contribution in [0, 0.1) is 17.8 Å². The quantitative estimate of drug-likeness (QED) is 0.453. The molecule has 1 aromatic rings. The Bertz CT molecular complexity index is 981. The number of aliphatic hydroxyl groups excluding tert-OH is 1. The number of anilines is 1. The second-order valence-corrected chi connectivity index (χ2v) is 12.6. The van der Waals surface area contributed by atoms with E-state index < -0.39 is 41.2 Å². The topological polar surface area (TPSA) is 108 Å². The summed E-state index contributed by atoms with van der Waals surface area (Å²) in [5.41, 5.74) is -1.03. The van der Waals surface area contributed by atoms with Gasteiger partial charge < -0.3 is 25.4 Å². The maximum Gasteiger partial charge on any atom is 0.246 e. The average Bonchev–Trinajstić information content (AvgIpc) is 3.34. The maximum atomic E-state index is 14.1. The highest BCUT2D eigenvalue weighted by Crippen LogP contribution is 2.60. The van der Waals surface area contributed by atoms with E-state index in [1.165, 1.54) is 4.90 Å². The summed E-state index contributed by atoms with van der Waals surface area (Å²) in [6, 6.07) is 7.62. The summed E-state index contributed by atoms with van der Waals surface area (Å²) in [4.78, 5) is 42.7. The van der Waals surface area contributed by atoms with Crippen LogP contribution in [0.15, 0.2) is 30.3 Å². The number of para-hydroxylation sites is 1. The third kappa shape index (κ3) is 4.62. The number of carbonyl (C=O) groups is 3. The van der Waals surface area contributed by atoms with Crippen molar-refractivity contribution < 1.29 is 24.2 Å². The van der Waals surface area contributed by atoms with Crippen molar-refractivity contribution in [1.29, 1.82) is 0 Å². The van der Waals surface area contributed by atoms with Crippen molar-refractivity contribution in [2.75, 3.05) is 11.9 Å². The SMILES string of the molecule is CC(C)C[C@H](CO)N1C(=O)[C@@H]2[C@@H](C(=O)Nc3ccccc3)[C@@H]3OC2(CC3Br)C1C(=O)NC(C)(C)C. The predicted molar refractivity (Wildman–Crippen MR) is 136 cm³/mol. The number of ether oxygens (including phenoxy) is 1. The Labute approximate surface area is 215 Å². The molecule has 9 heteroatoms. The number of benzene rings is 1. The number of alkyl halides is 1. The zero-order valence-corrected chi connectivity index (χ0v) is 22.5. The van der Waals surface area contributed by atoms with Gasteiger partial charge in [-0.05, 0) is 51.7 Å². The lowest BCUT2D eigenvalue weighted by Gasteiger charge is -2.38. The van der Waals surface area contributed by atoms with E-state index in [9.17, 15) is 19.5 Å². The van der Waals surface area contributed by atoms with Gasteiger partial charge in [-0.1, -0.05) is 48.0 Å². The molecule has 192 valence electrons. The van der Waals surface area contributed by atoms with Crippen molar-refractivity contribution in [2.24, 2.45) is 17.8 Å². The van der Waals surface area contributed by atoms with Crippen molar-refractivity contribution in [3.8, 4) is 0 Å². The monoisotopic (exact) mass is 549 g/mol. The fourth-order valence-electron chi connectivity index (χ4n) is 6.07. The molecule has 3 unspecified atom stereocenters. The molecule has 1 aromatic carbocycles. The first-order chi connectivity index (χ1) is 16.4. The van der Waals surface area contributed by atoms with E-state index in [1.807, 2.05) is 52.8 Å². The first-order valence-corrected chi connectivity index (χ1v) is 13.2. The zero-order valence-electron chi connectivity index (χ0n) is 21.0. The molecule has 35 heavy (non-hydrogen) atoms. The molecule has 3 heterocycles. The van der Waals surface area contributed by atoms with Gasteiger partial charge in [0.1, 0.15) is 11.6 Å². The number of fused-ring (bicyclic) bond motifs is 1. The number of carbonyl (C=O) groups excluding carboxylic acids is 3. The maximum absolute atomic E-state index is 14.1. The Morgan fingerprint density at radius 3 is 2.46 bits per heavy atom. The van der Waals surface area contributed by atoms with E-state index in [1.54, 1.807) is 12.1 Å². The smallest absolute Gasteiger partial charge is 0.246 e. The molecule has 3 N–H and O–H groups in total. The van der Waals surface area contributed by atoms with Crippen LogP contribution in [0.2, 0.25) is 0 Å². The fourth-order valence-corrected chi connectivity index (χ4v) is 7.01. The summed E-state index contributed by atoms with van der Waals surface area (Å²) in [6.07, 6.45) is 0.436. The summed E-state index contributed by atoms with van der Waals surface area (Å²) in [7, 11) is 0. The fraction of sp³-hybridized carbons (Fsp3) is 0.654. The van der Waals surface area contributed by atoms with Crippen molar-refractivity contribution >= 4 is 39.3 Å². The van der Waals surface area contributed by atoms with Gasteiger partial charge >= 0.3 is 0 Å². The van der Waals surface area contributed by atoms with Crippen molar-refractivity contribution in [3.63, 3.8) is 0 Å². The molecule has 3 amide bonds. The third-order valence-corrected chi connectivity index (χ3v) is 8.01. The van der Waals surface area contributed by atoms with Crippen molar-refractivity contribution in [2.45, 2.75) is 81.6 Å². The van der Waals surface area contributed by atoms with Crippen molar-refractivity contribution in [1.82, 2.24) is 10.2 Å². The van der Waals surface area contributed by atoms with Gasteiger partial charge in [-0.3, -0.25) is 14.4 Å². The van der Waals surface area contributed by atoms with Crippen LogP contribution in [0.25, 0.3) is 0 Å². The van der Waals surface area contributed by atoms with Crippen molar-refractivity contribution in [3.05, 3.63) is 30.3 Å². The second-order valence-electron chi connectivity index (χ2n) is 11.5. The molecule has 7 atom stereocenters. The van der Waals surface area contributed by atoms with Crippen LogP contribution in [0.1, 0.15) is 47.5 Å². The van der Waals surface area contributed by atoms with Crippen LogP contribution in [-0.4, -0.2) is 68.5 Å². The van der Waals surface area contributed by atoms with Crippen LogP contribution in [0.5, 0.6) is 0 Å². The number of nitrogens with zero attached hydrogens (tertiary/aromatic N) is 1. The number of rotatable bonds is 7. The highest BCUT2D eigenvalue weighted by atomic mass is 79.9. The van der Waals surface area contributed by atoms with E-state index >= 15 is 0 Å². The third-order valence-electron chi connectivity index (χ3n) is 7.17. The highest BCUT2D eigenvalue weighted by molar-refractivity contribution is 9.09. The minimum absolute atomic E-state index is 0.180. The summed E-state index contributed by atoms with van der Waals surface area (Å²) < 4.78 is 6.50. The standard InChI is InChI=1S/C26H36BrN3O5/c1-14(2)11-16(13-31)30-21(23(33)29-25(3,4)5)26-12-17(27)20(35-26)18(19(26)24(30)34)22(32)28-15-9-7-6-8-10-15/h6-10,14,16-21,31H,11-13H2,1-5H3,(H,28,32)(H,29,33)/t16-,17?,18-,19+,20-,21?,26?/m1/s1. The number of hydrogen-bond acceptors (Lipinski definition) is 5. The molecule has 8 nitrogen and oxygen atoms in total. The van der Waals surface area contributed by atoms with Crippen LogP contribution < -0.4 is 10.6 Å². The molecule has 3 fully saturated rings. The molecule has 3 saturated heterocycles. The molecule has 0 saturated carbocycles. The van der Waals surface area contributed by atoms with Gasteiger partial charge in [-0.2, -0.15) is 0 Å². The molecule has 0 aliphatic carbocycles. The van der Waals surface area contributed by atoms with Crippen LogP contribution >= 0.6 is 15.9 Å². The Balaban J connectivity index is 1.75. The van der Waals surface area contributed by atoms with E-state index in [2.05, 4.69) is 26.6 Å².